The fourth-order valence-electron chi connectivity index (χ4n) is 0.686. The largest absolute Gasteiger partial charge is 0.342 e. The van der Waals surface area contributed by atoms with E-state index in [4.69, 9.17) is 0 Å². The summed E-state index contributed by atoms with van der Waals surface area (Å²) in [5.74, 6) is 0.934. The van der Waals surface area contributed by atoms with Crippen LogP contribution in [-0.2, 0) is 0 Å². The van der Waals surface area contributed by atoms with Crippen molar-refractivity contribution < 1.29 is 0 Å². The number of nitrogens with one attached hydrogen (secondary N) is 1. The summed E-state index contributed by atoms with van der Waals surface area (Å²) in [5, 5.41) is 0. The molecule has 0 fully saturated rings. The van der Waals surface area contributed by atoms with Gasteiger partial charge in [0, 0.05) is 6.08 Å². The van der Waals surface area contributed by atoms with Crippen LogP contribution in [0, 0.1) is 6.92 Å². The van der Waals surface area contributed by atoms with Gasteiger partial charge in [-0.2, -0.15) is 0 Å². The Morgan fingerprint density at radius 2 is 2.50 bits per heavy atom. The maximum Gasteiger partial charge on any atom is 0.103 e. The van der Waals surface area contributed by atoms with E-state index >= 15 is 0 Å². The lowest BCUT2D eigenvalue weighted by Gasteiger charge is -1.77. The molecule has 52 valence electrons. The van der Waals surface area contributed by atoms with Gasteiger partial charge in [0.2, 0.25) is 0 Å². The fourth-order valence-corrected chi connectivity index (χ4v) is 0.686. The first-order chi connectivity index (χ1) is 4.83. The van der Waals surface area contributed by atoms with Crippen LogP contribution in [0.3, 0.4) is 0 Å². The Balaban J connectivity index is 2.86. The minimum absolute atomic E-state index is 0.934. The summed E-state index contributed by atoms with van der Waals surface area (Å²) in [6.45, 7) is 3.85. The van der Waals surface area contributed by atoms with Gasteiger partial charge in [-0.15, -0.1) is 5.73 Å². The second-order valence-electron chi connectivity index (χ2n) is 2.02. The van der Waals surface area contributed by atoms with E-state index in [0.29, 0.717) is 0 Å². The normalized spacial score (nSPS) is 8.60. The van der Waals surface area contributed by atoms with Crippen LogP contribution < -0.4 is 0 Å². The van der Waals surface area contributed by atoms with E-state index in [-0.39, 0.29) is 0 Å². The zero-order valence-electron chi connectivity index (χ0n) is 6.18. The first-order valence-corrected chi connectivity index (χ1v) is 3.21. The summed E-state index contributed by atoms with van der Waals surface area (Å²) >= 11 is 0. The first kappa shape index (κ1) is 6.84. The van der Waals surface area contributed by atoms with E-state index < -0.39 is 0 Å². The van der Waals surface area contributed by atoms with Crippen molar-refractivity contribution in [3.8, 4) is 0 Å². The minimum Gasteiger partial charge on any atom is -0.342 e. The zero-order valence-corrected chi connectivity index (χ0v) is 6.18. The van der Waals surface area contributed by atoms with Gasteiger partial charge in [0.1, 0.15) is 5.82 Å². The maximum atomic E-state index is 4.03. The second kappa shape index (κ2) is 3.04. The van der Waals surface area contributed by atoms with Gasteiger partial charge in [-0.1, -0.05) is 0 Å². The number of hydrogen-bond donors (Lipinski definition) is 1. The second-order valence-corrected chi connectivity index (χ2v) is 2.02. The summed E-state index contributed by atoms with van der Waals surface area (Å²) in [4.78, 5) is 7.09. The SMILES string of the molecule is CC=C=Cc1cnc(C)[nH]1. The molecule has 1 rings (SSSR count). The number of H-pyrrole nitrogens is 1. The Hall–Kier alpha value is -1.27. The highest BCUT2D eigenvalue weighted by Crippen LogP contribution is 1.96. The topological polar surface area (TPSA) is 28.7 Å². The predicted molar refractivity (Wildman–Crippen MR) is 41.5 cm³/mol. The molecule has 1 aromatic rings. The molecule has 0 bridgehead atoms. The van der Waals surface area contributed by atoms with Crippen LogP contribution in [0.1, 0.15) is 18.4 Å². The highest BCUT2D eigenvalue weighted by Gasteiger charge is 1.87. The van der Waals surface area contributed by atoms with Crippen molar-refractivity contribution in [3.05, 3.63) is 29.5 Å². The van der Waals surface area contributed by atoms with Crippen LogP contribution in [0.4, 0.5) is 0 Å². The van der Waals surface area contributed by atoms with E-state index in [1.165, 1.54) is 0 Å². The van der Waals surface area contributed by atoms with Crippen LogP contribution >= 0.6 is 0 Å². The number of aromatic amines is 1. The third-order valence-electron chi connectivity index (χ3n) is 1.13. The summed E-state index contributed by atoms with van der Waals surface area (Å²) in [6, 6.07) is 0. The molecule has 10 heavy (non-hydrogen) atoms. The standard InChI is InChI=1S/C8H10N2/c1-3-4-5-8-6-9-7(2)10-8/h3,5-6H,1-2H3,(H,9,10). The molecule has 0 spiro atoms. The van der Waals surface area contributed by atoms with Crippen molar-refractivity contribution >= 4 is 6.08 Å². The van der Waals surface area contributed by atoms with Crippen LogP contribution in [0.5, 0.6) is 0 Å². The third-order valence-corrected chi connectivity index (χ3v) is 1.13. The van der Waals surface area contributed by atoms with Gasteiger partial charge >= 0.3 is 0 Å². The Morgan fingerprint density at radius 3 is 3.00 bits per heavy atom. The predicted octanol–water partition coefficient (Wildman–Crippen LogP) is 1.91. The maximum absolute atomic E-state index is 4.03. The quantitative estimate of drug-likeness (QED) is 0.584. The van der Waals surface area contributed by atoms with Crippen molar-refractivity contribution in [2.45, 2.75) is 13.8 Å². The van der Waals surface area contributed by atoms with E-state index in [9.17, 15) is 0 Å². The van der Waals surface area contributed by atoms with E-state index in [0.717, 1.165) is 11.5 Å². The molecule has 2 heteroatoms. The smallest absolute Gasteiger partial charge is 0.103 e. The van der Waals surface area contributed by atoms with E-state index in [2.05, 4.69) is 15.7 Å². The van der Waals surface area contributed by atoms with Gasteiger partial charge in [0.15, 0.2) is 0 Å². The van der Waals surface area contributed by atoms with Crippen LogP contribution in [0.2, 0.25) is 0 Å². The molecule has 1 N–H and O–H groups in total. The Kier molecular flexibility index (Phi) is 2.08. The molecule has 0 aromatic carbocycles. The number of aryl methyl sites for hydroxylation is 1. The first-order valence-electron chi connectivity index (χ1n) is 3.21. The van der Waals surface area contributed by atoms with Gasteiger partial charge in [0.05, 0.1) is 11.9 Å². The van der Waals surface area contributed by atoms with E-state index in [1.54, 1.807) is 6.20 Å². The van der Waals surface area contributed by atoms with Crippen LogP contribution in [-0.4, -0.2) is 9.97 Å². The molecule has 2 nitrogen and oxygen atoms in total. The summed E-state index contributed by atoms with van der Waals surface area (Å²) < 4.78 is 0. The molecule has 0 unspecified atom stereocenters. The fraction of sp³-hybridized carbons (Fsp3) is 0.250. The van der Waals surface area contributed by atoms with Crippen molar-refractivity contribution in [2.75, 3.05) is 0 Å². The van der Waals surface area contributed by atoms with Gasteiger partial charge in [-0.05, 0) is 19.9 Å². The zero-order chi connectivity index (χ0) is 7.40. The molecule has 0 radical (unpaired) electrons. The van der Waals surface area contributed by atoms with Gasteiger partial charge in [-0.3, -0.25) is 0 Å². The molecular weight excluding hydrogens is 124 g/mol. The van der Waals surface area contributed by atoms with Crippen LogP contribution in [0.25, 0.3) is 6.08 Å². The van der Waals surface area contributed by atoms with Crippen molar-refractivity contribution in [2.24, 2.45) is 0 Å². The molecule has 0 amide bonds. The highest BCUT2D eigenvalue weighted by molar-refractivity contribution is 5.42. The monoisotopic (exact) mass is 134 g/mol. The Morgan fingerprint density at radius 1 is 1.70 bits per heavy atom. The molecule has 0 atom stereocenters. The molecule has 0 aliphatic rings. The number of hydrogen-bond acceptors (Lipinski definition) is 1. The Labute approximate surface area is 60.3 Å². The molecule has 1 heterocycles. The lowest BCUT2D eigenvalue weighted by molar-refractivity contribution is 1.15. The van der Waals surface area contributed by atoms with Gasteiger partial charge < -0.3 is 4.98 Å². The summed E-state index contributed by atoms with van der Waals surface area (Å²) in [7, 11) is 0. The molecular formula is C8H10N2. The Bertz CT molecular complexity index is 265. The number of imidazole rings is 1. The van der Waals surface area contributed by atoms with Gasteiger partial charge in [0.25, 0.3) is 0 Å². The lowest BCUT2D eigenvalue weighted by atomic mass is 10.4. The number of nitrogens with zero attached hydrogens (tertiary/aromatic N) is 1. The molecule has 1 aromatic heterocycles. The van der Waals surface area contributed by atoms with Crippen molar-refractivity contribution in [1.82, 2.24) is 9.97 Å². The van der Waals surface area contributed by atoms with Crippen molar-refractivity contribution in [1.29, 1.82) is 0 Å². The summed E-state index contributed by atoms with van der Waals surface area (Å²) in [5.41, 5.74) is 3.95. The number of rotatable bonds is 1. The van der Waals surface area contributed by atoms with Crippen LogP contribution in [0.15, 0.2) is 18.0 Å². The molecule has 0 saturated carbocycles. The lowest BCUT2D eigenvalue weighted by Crippen LogP contribution is -1.70. The van der Waals surface area contributed by atoms with Gasteiger partial charge in [-0.25, -0.2) is 4.98 Å². The molecule has 0 aliphatic carbocycles. The highest BCUT2D eigenvalue weighted by atomic mass is 14.9. The number of aromatic nitrogens is 2. The summed E-state index contributed by atoms with van der Waals surface area (Å²) in [6.07, 6.45) is 5.50. The average Bonchev–Trinajstić information content (AvgIpc) is 2.31. The van der Waals surface area contributed by atoms with Crippen molar-refractivity contribution in [3.63, 3.8) is 0 Å². The molecule has 0 aliphatic heterocycles. The minimum atomic E-state index is 0.934. The average molecular weight is 134 g/mol. The number of allylic oxidation sites excluding steroid dienone is 1. The van der Waals surface area contributed by atoms with E-state index in [1.807, 2.05) is 26.0 Å². The third kappa shape index (κ3) is 1.61. The molecule has 0 saturated heterocycles.